The Kier molecular flexibility index (Phi) is 4.16. The van der Waals surface area contributed by atoms with Gasteiger partial charge in [0, 0.05) is 12.2 Å². The minimum absolute atomic E-state index is 0.106. The molecule has 0 bridgehead atoms. The second-order valence-corrected chi connectivity index (χ2v) is 4.67. The quantitative estimate of drug-likeness (QED) is 0.795. The molecule has 0 heterocycles. The number of halogens is 5. The van der Waals surface area contributed by atoms with Crippen molar-refractivity contribution in [1.29, 1.82) is 0 Å². The van der Waals surface area contributed by atoms with Crippen molar-refractivity contribution in [3.63, 3.8) is 0 Å². The lowest BCUT2D eigenvalue weighted by Gasteiger charge is -2.14. The Morgan fingerprint density at radius 2 is 1.67 bits per heavy atom. The van der Waals surface area contributed by atoms with Gasteiger partial charge in [0.2, 0.25) is 0 Å². The predicted molar refractivity (Wildman–Crippen MR) is 69.9 cm³/mol. The van der Waals surface area contributed by atoms with Crippen LogP contribution >= 0.6 is 0 Å². The zero-order chi connectivity index (χ0) is 15.6. The SMILES string of the molecule is Cc1cc(F)cc(NCc2ccc(F)cc2C(F)(F)F)c1. The van der Waals surface area contributed by atoms with Crippen LogP contribution in [0.4, 0.5) is 27.6 Å². The van der Waals surface area contributed by atoms with Crippen LogP contribution in [0.2, 0.25) is 0 Å². The number of hydrogen-bond donors (Lipinski definition) is 1. The standard InChI is InChI=1S/C15H12F5N/c1-9-4-12(17)6-13(5-9)21-8-10-2-3-11(16)7-14(10)15(18,19)20/h2-7,21H,8H2,1H3. The van der Waals surface area contributed by atoms with Crippen LogP contribution in [-0.4, -0.2) is 0 Å². The molecule has 2 aromatic carbocycles. The van der Waals surface area contributed by atoms with Crippen LogP contribution in [0.5, 0.6) is 0 Å². The smallest absolute Gasteiger partial charge is 0.381 e. The minimum atomic E-state index is -4.64. The molecule has 0 aliphatic rings. The molecule has 1 nitrogen and oxygen atoms in total. The molecular weight excluding hydrogens is 289 g/mol. The van der Waals surface area contributed by atoms with E-state index in [1.54, 1.807) is 13.0 Å². The van der Waals surface area contributed by atoms with Crippen molar-refractivity contribution >= 4 is 5.69 Å². The first kappa shape index (κ1) is 15.3. The minimum Gasteiger partial charge on any atom is -0.381 e. The first-order chi connectivity index (χ1) is 9.75. The molecule has 112 valence electrons. The number of aryl methyl sites for hydroxylation is 1. The Morgan fingerprint density at radius 1 is 0.952 bits per heavy atom. The molecule has 0 atom stereocenters. The second kappa shape index (κ2) is 5.71. The summed E-state index contributed by atoms with van der Waals surface area (Å²) in [5, 5.41) is 2.71. The first-order valence-electron chi connectivity index (χ1n) is 6.12. The molecule has 0 fully saturated rings. The van der Waals surface area contributed by atoms with E-state index in [1.165, 1.54) is 12.1 Å². The summed E-state index contributed by atoms with van der Waals surface area (Å²) in [6.45, 7) is 1.49. The highest BCUT2D eigenvalue weighted by molar-refractivity contribution is 5.47. The maximum Gasteiger partial charge on any atom is 0.416 e. The van der Waals surface area contributed by atoms with Crippen LogP contribution in [0.3, 0.4) is 0 Å². The van der Waals surface area contributed by atoms with E-state index >= 15 is 0 Å². The number of nitrogens with one attached hydrogen (secondary N) is 1. The van der Waals surface area contributed by atoms with Gasteiger partial charge in [0.05, 0.1) is 5.56 Å². The van der Waals surface area contributed by atoms with E-state index in [1.807, 2.05) is 0 Å². The van der Waals surface area contributed by atoms with Gasteiger partial charge in [-0.25, -0.2) is 8.78 Å². The zero-order valence-electron chi connectivity index (χ0n) is 11.1. The van der Waals surface area contributed by atoms with Crippen LogP contribution in [0, 0.1) is 18.6 Å². The van der Waals surface area contributed by atoms with Crippen molar-refractivity contribution < 1.29 is 22.0 Å². The maximum atomic E-state index is 13.2. The highest BCUT2D eigenvalue weighted by atomic mass is 19.4. The van der Waals surface area contributed by atoms with E-state index in [2.05, 4.69) is 5.32 Å². The monoisotopic (exact) mass is 301 g/mol. The molecule has 0 saturated carbocycles. The molecule has 0 unspecified atom stereocenters. The predicted octanol–water partition coefficient (Wildman–Crippen LogP) is 4.90. The van der Waals surface area contributed by atoms with Crippen LogP contribution in [0.15, 0.2) is 36.4 Å². The number of hydrogen-bond acceptors (Lipinski definition) is 1. The lowest BCUT2D eigenvalue weighted by Crippen LogP contribution is -2.12. The summed E-state index contributed by atoms with van der Waals surface area (Å²) in [6, 6.07) is 6.59. The Morgan fingerprint density at radius 3 is 2.29 bits per heavy atom. The molecule has 1 N–H and O–H groups in total. The maximum absolute atomic E-state index is 13.2. The number of alkyl halides is 3. The lowest BCUT2D eigenvalue weighted by molar-refractivity contribution is -0.138. The molecule has 0 aromatic heterocycles. The van der Waals surface area contributed by atoms with Crippen molar-refractivity contribution in [3.05, 3.63) is 64.7 Å². The molecule has 0 saturated heterocycles. The van der Waals surface area contributed by atoms with Crippen molar-refractivity contribution in [2.75, 3.05) is 5.32 Å². The van der Waals surface area contributed by atoms with Gasteiger partial charge in [-0.1, -0.05) is 6.07 Å². The molecule has 0 aliphatic carbocycles. The fraction of sp³-hybridized carbons (Fsp3) is 0.200. The summed E-state index contributed by atoms with van der Waals surface area (Å²) in [5.74, 6) is -1.43. The highest BCUT2D eigenvalue weighted by Crippen LogP contribution is 2.33. The average Bonchev–Trinajstić information content (AvgIpc) is 2.35. The fourth-order valence-electron chi connectivity index (χ4n) is 2.00. The van der Waals surface area contributed by atoms with Gasteiger partial charge in [-0.2, -0.15) is 13.2 Å². The molecule has 2 rings (SSSR count). The zero-order valence-corrected chi connectivity index (χ0v) is 11.1. The van der Waals surface area contributed by atoms with E-state index in [9.17, 15) is 22.0 Å². The third-order valence-corrected chi connectivity index (χ3v) is 2.90. The van der Waals surface area contributed by atoms with E-state index < -0.39 is 23.4 Å². The molecule has 2 aromatic rings. The van der Waals surface area contributed by atoms with Gasteiger partial charge in [-0.05, 0) is 48.4 Å². The Balaban J connectivity index is 2.24. The lowest BCUT2D eigenvalue weighted by atomic mass is 10.1. The van der Waals surface area contributed by atoms with E-state index in [0.29, 0.717) is 17.3 Å². The van der Waals surface area contributed by atoms with Gasteiger partial charge in [-0.15, -0.1) is 0 Å². The molecule has 0 amide bonds. The number of anilines is 1. The van der Waals surface area contributed by atoms with Crippen molar-refractivity contribution in [2.45, 2.75) is 19.6 Å². The summed E-state index contributed by atoms with van der Waals surface area (Å²) in [5.41, 5.74) is -0.133. The van der Waals surface area contributed by atoms with Crippen LogP contribution in [0.1, 0.15) is 16.7 Å². The summed E-state index contributed by atoms with van der Waals surface area (Å²) in [4.78, 5) is 0. The fourth-order valence-corrected chi connectivity index (χ4v) is 2.00. The third-order valence-electron chi connectivity index (χ3n) is 2.90. The van der Waals surface area contributed by atoms with Gasteiger partial charge in [0.25, 0.3) is 0 Å². The van der Waals surface area contributed by atoms with Crippen LogP contribution in [-0.2, 0) is 12.7 Å². The van der Waals surface area contributed by atoms with Gasteiger partial charge in [-0.3, -0.25) is 0 Å². The highest BCUT2D eigenvalue weighted by Gasteiger charge is 2.33. The molecule has 0 aliphatic heterocycles. The second-order valence-electron chi connectivity index (χ2n) is 4.67. The third kappa shape index (κ3) is 3.93. The Labute approximate surface area is 118 Å². The van der Waals surface area contributed by atoms with Gasteiger partial charge < -0.3 is 5.32 Å². The van der Waals surface area contributed by atoms with Crippen molar-refractivity contribution in [1.82, 2.24) is 0 Å². The molecule has 21 heavy (non-hydrogen) atoms. The normalized spacial score (nSPS) is 11.5. The van der Waals surface area contributed by atoms with Crippen LogP contribution in [0.25, 0.3) is 0 Å². The molecule has 6 heteroatoms. The summed E-state index contributed by atoms with van der Waals surface area (Å²) < 4.78 is 64.7. The topological polar surface area (TPSA) is 12.0 Å². The summed E-state index contributed by atoms with van der Waals surface area (Å²) in [7, 11) is 0. The number of rotatable bonds is 3. The number of benzene rings is 2. The summed E-state index contributed by atoms with van der Waals surface area (Å²) >= 11 is 0. The summed E-state index contributed by atoms with van der Waals surface area (Å²) in [6.07, 6.45) is -4.64. The largest absolute Gasteiger partial charge is 0.416 e. The first-order valence-corrected chi connectivity index (χ1v) is 6.12. The van der Waals surface area contributed by atoms with E-state index in [0.717, 1.165) is 12.1 Å². The van der Waals surface area contributed by atoms with Crippen molar-refractivity contribution in [2.24, 2.45) is 0 Å². The van der Waals surface area contributed by atoms with E-state index in [-0.39, 0.29) is 12.1 Å². The van der Waals surface area contributed by atoms with Crippen LogP contribution < -0.4 is 5.32 Å². The Hall–Kier alpha value is -2.11. The van der Waals surface area contributed by atoms with Crippen molar-refractivity contribution in [3.8, 4) is 0 Å². The van der Waals surface area contributed by atoms with E-state index in [4.69, 9.17) is 0 Å². The molecule has 0 radical (unpaired) electrons. The molecular formula is C15H12F5N. The van der Waals surface area contributed by atoms with Gasteiger partial charge >= 0.3 is 6.18 Å². The van der Waals surface area contributed by atoms with Gasteiger partial charge in [0.15, 0.2) is 0 Å². The van der Waals surface area contributed by atoms with Gasteiger partial charge in [0.1, 0.15) is 11.6 Å². The molecule has 0 spiro atoms. The average molecular weight is 301 g/mol. The Bertz CT molecular complexity index is 629.